The lowest BCUT2D eigenvalue weighted by atomic mass is 10.0. The lowest BCUT2D eigenvalue weighted by Gasteiger charge is -2.32. The van der Waals surface area contributed by atoms with E-state index in [1.54, 1.807) is 35.5 Å². The van der Waals surface area contributed by atoms with Crippen molar-refractivity contribution < 1.29 is 14.4 Å². The summed E-state index contributed by atoms with van der Waals surface area (Å²) in [5, 5.41) is 7.66. The highest BCUT2D eigenvalue weighted by atomic mass is 32.1. The molecule has 1 aliphatic rings. The molecule has 0 bridgehead atoms. The molecular formula is C24H32N4O3S. The molecule has 1 aliphatic carbocycles. The second kappa shape index (κ2) is 11.8. The highest BCUT2D eigenvalue weighted by Gasteiger charge is 2.33. The quantitative estimate of drug-likeness (QED) is 0.572. The summed E-state index contributed by atoms with van der Waals surface area (Å²) in [5.74, 6) is -0.401. The number of hydrogen-bond donors (Lipinski definition) is 2. The van der Waals surface area contributed by atoms with Gasteiger partial charge in [-0.3, -0.25) is 19.4 Å². The van der Waals surface area contributed by atoms with Crippen LogP contribution < -0.4 is 10.6 Å². The Morgan fingerprint density at radius 1 is 1.19 bits per heavy atom. The molecule has 0 unspecified atom stereocenters. The minimum atomic E-state index is -0.783. The standard InChI is InChI=1S/C24H32N4O3S/c1-17(2)11-13-28(21(29)16-26-23(30)20-10-6-14-32-20)22(18-7-5-12-25-15-18)24(31)27-19-8-3-4-9-19/h5-7,10,12,14-15,17,19,22H,3-4,8-9,11,13,16H2,1-2H3,(H,26,30)(H,27,31)/t22-/m1/s1. The van der Waals surface area contributed by atoms with Crippen LogP contribution in [-0.2, 0) is 9.59 Å². The van der Waals surface area contributed by atoms with Crippen molar-refractivity contribution in [2.24, 2.45) is 5.92 Å². The van der Waals surface area contributed by atoms with Gasteiger partial charge in [-0.25, -0.2) is 0 Å². The average Bonchev–Trinajstić information content (AvgIpc) is 3.49. The minimum absolute atomic E-state index is 0.141. The van der Waals surface area contributed by atoms with Gasteiger partial charge >= 0.3 is 0 Å². The molecule has 0 saturated heterocycles. The van der Waals surface area contributed by atoms with Crippen LogP contribution >= 0.6 is 11.3 Å². The van der Waals surface area contributed by atoms with Crippen LogP contribution in [0.1, 0.15) is 67.2 Å². The summed E-state index contributed by atoms with van der Waals surface area (Å²) in [6.45, 7) is 4.42. The predicted octanol–water partition coefficient (Wildman–Crippen LogP) is 3.55. The van der Waals surface area contributed by atoms with Gasteiger partial charge in [-0.15, -0.1) is 11.3 Å². The number of nitrogens with one attached hydrogen (secondary N) is 2. The third-order valence-corrected chi connectivity index (χ3v) is 6.54. The monoisotopic (exact) mass is 456 g/mol. The lowest BCUT2D eigenvalue weighted by molar-refractivity contribution is -0.140. The first kappa shape index (κ1) is 23.9. The van der Waals surface area contributed by atoms with Gasteiger partial charge in [-0.05, 0) is 42.7 Å². The molecule has 172 valence electrons. The van der Waals surface area contributed by atoms with Crippen molar-refractivity contribution in [3.63, 3.8) is 0 Å². The highest BCUT2D eigenvalue weighted by molar-refractivity contribution is 7.12. The van der Waals surface area contributed by atoms with Crippen LogP contribution in [0.2, 0.25) is 0 Å². The van der Waals surface area contributed by atoms with E-state index >= 15 is 0 Å². The Balaban J connectivity index is 1.80. The third kappa shape index (κ3) is 6.63. The first-order chi connectivity index (χ1) is 15.5. The van der Waals surface area contributed by atoms with E-state index in [0.29, 0.717) is 22.9 Å². The molecule has 7 nitrogen and oxygen atoms in total. The summed E-state index contributed by atoms with van der Waals surface area (Å²) in [7, 11) is 0. The van der Waals surface area contributed by atoms with Crippen LogP contribution in [0.3, 0.4) is 0 Å². The van der Waals surface area contributed by atoms with Gasteiger partial charge in [0.2, 0.25) is 11.8 Å². The van der Waals surface area contributed by atoms with Crippen molar-refractivity contribution in [2.75, 3.05) is 13.1 Å². The minimum Gasteiger partial charge on any atom is -0.351 e. The molecule has 3 amide bonds. The van der Waals surface area contributed by atoms with Gasteiger partial charge in [0, 0.05) is 30.5 Å². The predicted molar refractivity (Wildman–Crippen MR) is 125 cm³/mol. The summed E-state index contributed by atoms with van der Waals surface area (Å²) in [4.78, 5) is 45.4. The average molecular weight is 457 g/mol. The van der Waals surface area contributed by atoms with E-state index in [-0.39, 0.29) is 30.3 Å². The molecule has 0 radical (unpaired) electrons. The molecule has 1 atom stereocenters. The number of aromatic nitrogens is 1. The fraction of sp³-hybridized carbons (Fsp3) is 0.500. The zero-order chi connectivity index (χ0) is 22.9. The number of nitrogens with zero attached hydrogens (tertiary/aromatic N) is 2. The van der Waals surface area contributed by atoms with Crippen molar-refractivity contribution >= 4 is 29.1 Å². The summed E-state index contributed by atoms with van der Waals surface area (Å²) >= 11 is 1.32. The van der Waals surface area contributed by atoms with Crippen LogP contribution in [0.5, 0.6) is 0 Å². The Labute approximate surface area is 193 Å². The molecule has 32 heavy (non-hydrogen) atoms. The normalized spacial score (nSPS) is 14.8. The maximum atomic E-state index is 13.4. The number of carbonyl (C=O) groups excluding carboxylic acids is 3. The topological polar surface area (TPSA) is 91.4 Å². The van der Waals surface area contributed by atoms with Crippen LogP contribution in [0.4, 0.5) is 0 Å². The number of hydrogen-bond acceptors (Lipinski definition) is 5. The molecule has 1 saturated carbocycles. The Kier molecular flexibility index (Phi) is 8.79. The van der Waals surface area contributed by atoms with Gasteiger partial charge in [0.05, 0.1) is 11.4 Å². The van der Waals surface area contributed by atoms with Crippen molar-refractivity contribution in [1.82, 2.24) is 20.5 Å². The van der Waals surface area contributed by atoms with E-state index in [9.17, 15) is 14.4 Å². The fourth-order valence-electron chi connectivity index (χ4n) is 3.91. The Morgan fingerprint density at radius 2 is 1.97 bits per heavy atom. The first-order valence-corrected chi connectivity index (χ1v) is 12.1. The summed E-state index contributed by atoms with van der Waals surface area (Å²) < 4.78 is 0. The molecule has 0 aliphatic heterocycles. The van der Waals surface area contributed by atoms with Crippen LogP contribution in [0.25, 0.3) is 0 Å². The SMILES string of the molecule is CC(C)CCN(C(=O)CNC(=O)c1cccs1)[C@@H](C(=O)NC1CCCC1)c1cccnc1. The van der Waals surface area contributed by atoms with E-state index in [1.807, 2.05) is 11.4 Å². The first-order valence-electron chi connectivity index (χ1n) is 11.3. The van der Waals surface area contributed by atoms with E-state index in [1.165, 1.54) is 11.3 Å². The second-order valence-corrected chi connectivity index (χ2v) is 9.56. The third-order valence-electron chi connectivity index (χ3n) is 5.67. The van der Waals surface area contributed by atoms with Gasteiger partial charge in [-0.2, -0.15) is 0 Å². The summed E-state index contributed by atoms with van der Waals surface area (Å²) in [6, 6.07) is 6.47. The number of thiophene rings is 1. The Morgan fingerprint density at radius 3 is 2.59 bits per heavy atom. The van der Waals surface area contributed by atoms with E-state index in [2.05, 4.69) is 29.5 Å². The molecule has 2 N–H and O–H groups in total. The maximum Gasteiger partial charge on any atom is 0.261 e. The van der Waals surface area contributed by atoms with Gasteiger partial charge in [0.15, 0.2) is 0 Å². The number of rotatable bonds is 10. The molecule has 0 aromatic carbocycles. The Bertz CT molecular complexity index is 880. The van der Waals surface area contributed by atoms with Crippen molar-refractivity contribution in [2.45, 2.75) is 58.0 Å². The van der Waals surface area contributed by atoms with Gasteiger partial charge in [0.25, 0.3) is 5.91 Å². The fourth-order valence-corrected chi connectivity index (χ4v) is 4.55. The van der Waals surface area contributed by atoms with Crippen molar-refractivity contribution in [1.29, 1.82) is 0 Å². The van der Waals surface area contributed by atoms with E-state index in [4.69, 9.17) is 0 Å². The van der Waals surface area contributed by atoms with Gasteiger partial charge in [-0.1, -0.05) is 38.8 Å². The Hall–Kier alpha value is -2.74. The number of carbonyl (C=O) groups is 3. The number of amides is 3. The molecule has 8 heteroatoms. The molecule has 3 rings (SSSR count). The van der Waals surface area contributed by atoms with E-state index < -0.39 is 6.04 Å². The van der Waals surface area contributed by atoms with Crippen LogP contribution in [-0.4, -0.2) is 46.7 Å². The van der Waals surface area contributed by atoms with Crippen LogP contribution in [0, 0.1) is 5.92 Å². The molecule has 0 spiro atoms. The van der Waals surface area contributed by atoms with Gasteiger partial charge in [0.1, 0.15) is 6.04 Å². The zero-order valence-corrected chi connectivity index (χ0v) is 19.6. The number of pyridine rings is 1. The smallest absolute Gasteiger partial charge is 0.261 e. The lowest BCUT2D eigenvalue weighted by Crippen LogP contribution is -2.49. The van der Waals surface area contributed by atoms with Gasteiger partial charge < -0.3 is 15.5 Å². The largest absolute Gasteiger partial charge is 0.351 e. The molecule has 2 aromatic rings. The zero-order valence-electron chi connectivity index (χ0n) is 18.8. The second-order valence-electron chi connectivity index (χ2n) is 8.61. The summed E-state index contributed by atoms with van der Waals surface area (Å²) in [5.41, 5.74) is 0.671. The highest BCUT2D eigenvalue weighted by Crippen LogP contribution is 2.24. The molecule has 1 fully saturated rings. The molecule has 2 aromatic heterocycles. The van der Waals surface area contributed by atoms with E-state index in [0.717, 1.165) is 32.1 Å². The van der Waals surface area contributed by atoms with Crippen molar-refractivity contribution in [3.8, 4) is 0 Å². The van der Waals surface area contributed by atoms with Crippen LogP contribution in [0.15, 0.2) is 42.0 Å². The maximum absolute atomic E-state index is 13.4. The van der Waals surface area contributed by atoms with Crippen molar-refractivity contribution in [3.05, 3.63) is 52.5 Å². The molecular weight excluding hydrogens is 424 g/mol. The summed E-state index contributed by atoms with van der Waals surface area (Å²) in [6.07, 6.45) is 8.17. The molecule has 2 heterocycles.